The first-order valence-corrected chi connectivity index (χ1v) is 8.64. The molecule has 2 N–H and O–H groups in total. The van der Waals surface area contributed by atoms with E-state index in [-0.39, 0.29) is 17.7 Å². The van der Waals surface area contributed by atoms with Gasteiger partial charge in [0.2, 0.25) is 11.8 Å². The van der Waals surface area contributed by atoms with E-state index in [4.69, 9.17) is 0 Å². The third-order valence-electron chi connectivity index (χ3n) is 4.62. The van der Waals surface area contributed by atoms with E-state index in [2.05, 4.69) is 15.7 Å². The van der Waals surface area contributed by atoms with Crippen LogP contribution in [0, 0.1) is 19.8 Å². The molecule has 1 saturated carbocycles. The Kier molecular flexibility index (Phi) is 4.88. The van der Waals surface area contributed by atoms with Gasteiger partial charge in [-0.1, -0.05) is 6.07 Å². The zero-order valence-electron chi connectivity index (χ0n) is 14.9. The van der Waals surface area contributed by atoms with Gasteiger partial charge in [-0.15, -0.1) is 0 Å². The number of hydrogen-bond acceptors (Lipinski definition) is 3. The summed E-state index contributed by atoms with van der Waals surface area (Å²) in [5, 5.41) is 10.2. The molecular formula is C19H24N4O2. The normalized spacial score (nSPS) is 13.6. The molecule has 1 aliphatic carbocycles. The van der Waals surface area contributed by atoms with Gasteiger partial charge in [-0.05, 0) is 56.9 Å². The van der Waals surface area contributed by atoms with Gasteiger partial charge < -0.3 is 10.6 Å². The summed E-state index contributed by atoms with van der Waals surface area (Å²) in [4.78, 5) is 24.1. The van der Waals surface area contributed by atoms with Crippen LogP contribution in [-0.2, 0) is 23.1 Å². The summed E-state index contributed by atoms with van der Waals surface area (Å²) >= 11 is 0. The minimum absolute atomic E-state index is 0.0478. The Labute approximate surface area is 147 Å². The summed E-state index contributed by atoms with van der Waals surface area (Å²) < 4.78 is 1.84. The number of aromatic nitrogens is 2. The van der Waals surface area contributed by atoms with Crippen molar-refractivity contribution in [1.82, 2.24) is 9.78 Å². The molecule has 0 bridgehead atoms. The lowest BCUT2D eigenvalue weighted by atomic mass is 10.1. The van der Waals surface area contributed by atoms with E-state index in [0.717, 1.165) is 29.8 Å². The Balaban J connectivity index is 1.56. The minimum atomic E-state index is -0.0478. The van der Waals surface area contributed by atoms with E-state index in [1.165, 1.54) is 0 Å². The molecule has 0 atom stereocenters. The number of aryl methyl sites for hydroxylation is 2. The molecule has 0 radical (unpaired) electrons. The van der Waals surface area contributed by atoms with Crippen LogP contribution < -0.4 is 10.6 Å². The molecule has 25 heavy (non-hydrogen) atoms. The fourth-order valence-electron chi connectivity index (χ4n) is 2.91. The highest BCUT2D eigenvalue weighted by molar-refractivity contribution is 5.96. The molecule has 1 fully saturated rings. The predicted octanol–water partition coefficient (Wildman–Crippen LogP) is 2.96. The van der Waals surface area contributed by atoms with Crippen LogP contribution in [0.5, 0.6) is 0 Å². The lowest BCUT2D eigenvalue weighted by Gasteiger charge is -2.09. The monoisotopic (exact) mass is 340 g/mol. The molecule has 1 aromatic heterocycles. The van der Waals surface area contributed by atoms with Crippen LogP contribution >= 0.6 is 0 Å². The molecule has 0 saturated heterocycles. The second-order valence-corrected chi connectivity index (χ2v) is 6.67. The van der Waals surface area contributed by atoms with Crippen molar-refractivity contribution in [3.8, 4) is 0 Å². The molecule has 132 valence electrons. The number of anilines is 2. The van der Waals surface area contributed by atoms with Crippen LogP contribution in [-0.4, -0.2) is 21.6 Å². The van der Waals surface area contributed by atoms with Crippen LogP contribution in [0.4, 0.5) is 11.4 Å². The number of hydrogen-bond donors (Lipinski definition) is 2. The van der Waals surface area contributed by atoms with E-state index >= 15 is 0 Å². The average molecular weight is 340 g/mol. The highest BCUT2D eigenvalue weighted by atomic mass is 16.2. The van der Waals surface area contributed by atoms with Gasteiger partial charge in [0.05, 0.1) is 5.69 Å². The maximum Gasteiger partial charge on any atom is 0.227 e. The number of nitrogens with one attached hydrogen (secondary N) is 2. The summed E-state index contributed by atoms with van der Waals surface area (Å²) in [7, 11) is 1.91. The third-order valence-corrected chi connectivity index (χ3v) is 4.62. The quantitative estimate of drug-likeness (QED) is 0.849. The van der Waals surface area contributed by atoms with Gasteiger partial charge in [0.25, 0.3) is 0 Å². The Morgan fingerprint density at radius 1 is 1.20 bits per heavy atom. The average Bonchev–Trinajstić information content (AvgIpc) is 3.36. The fourth-order valence-corrected chi connectivity index (χ4v) is 2.91. The molecule has 2 amide bonds. The SMILES string of the molecule is Cc1nn(C)c(C)c1CCC(=O)Nc1cccc(NC(=O)C2CC2)c1. The Bertz CT molecular complexity index is 806. The first kappa shape index (κ1) is 17.2. The minimum Gasteiger partial charge on any atom is -0.326 e. The molecule has 1 aromatic carbocycles. The van der Waals surface area contributed by atoms with Crippen LogP contribution in [0.25, 0.3) is 0 Å². The van der Waals surface area contributed by atoms with Crippen molar-refractivity contribution in [2.24, 2.45) is 13.0 Å². The zero-order chi connectivity index (χ0) is 18.0. The maximum absolute atomic E-state index is 12.2. The number of carbonyl (C=O) groups excluding carboxylic acids is 2. The van der Waals surface area contributed by atoms with Gasteiger partial charge in [0.15, 0.2) is 0 Å². The van der Waals surface area contributed by atoms with Gasteiger partial charge in [-0.25, -0.2) is 0 Å². The van der Waals surface area contributed by atoms with Gasteiger partial charge in [-0.3, -0.25) is 14.3 Å². The molecule has 6 nitrogen and oxygen atoms in total. The zero-order valence-corrected chi connectivity index (χ0v) is 14.9. The fraction of sp³-hybridized carbons (Fsp3) is 0.421. The van der Waals surface area contributed by atoms with Crippen molar-refractivity contribution >= 4 is 23.2 Å². The summed E-state index contributed by atoms with van der Waals surface area (Å²) in [5.74, 6) is 0.170. The smallest absolute Gasteiger partial charge is 0.227 e. The first-order chi connectivity index (χ1) is 11.9. The summed E-state index contributed by atoms with van der Waals surface area (Å²) in [6, 6.07) is 7.27. The second-order valence-electron chi connectivity index (χ2n) is 6.67. The number of carbonyl (C=O) groups is 2. The predicted molar refractivity (Wildman–Crippen MR) is 97.4 cm³/mol. The molecule has 2 aromatic rings. The largest absolute Gasteiger partial charge is 0.326 e. The van der Waals surface area contributed by atoms with Gasteiger partial charge in [0.1, 0.15) is 0 Å². The van der Waals surface area contributed by atoms with Gasteiger partial charge in [0, 0.05) is 36.5 Å². The van der Waals surface area contributed by atoms with E-state index in [9.17, 15) is 9.59 Å². The number of rotatable bonds is 6. The lowest BCUT2D eigenvalue weighted by Crippen LogP contribution is -2.15. The third kappa shape index (κ3) is 4.26. The first-order valence-electron chi connectivity index (χ1n) is 8.64. The van der Waals surface area contributed by atoms with E-state index in [1.807, 2.05) is 43.8 Å². The maximum atomic E-state index is 12.2. The molecule has 1 heterocycles. The molecule has 0 spiro atoms. The Hall–Kier alpha value is -2.63. The lowest BCUT2D eigenvalue weighted by molar-refractivity contribution is -0.117. The number of nitrogens with zero attached hydrogens (tertiary/aromatic N) is 2. The van der Waals surface area contributed by atoms with E-state index in [0.29, 0.717) is 24.2 Å². The number of amides is 2. The molecule has 3 rings (SSSR count). The van der Waals surface area contributed by atoms with Crippen LogP contribution in [0.15, 0.2) is 24.3 Å². The molecular weight excluding hydrogens is 316 g/mol. The van der Waals surface area contributed by atoms with Crippen molar-refractivity contribution < 1.29 is 9.59 Å². The highest BCUT2D eigenvalue weighted by Crippen LogP contribution is 2.30. The molecule has 1 aliphatic rings. The van der Waals surface area contributed by atoms with Crippen molar-refractivity contribution in [3.05, 3.63) is 41.2 Å². The van der Waals surface area contributed by atoms with Crippen LogP contribution in [0.3, 0.4) is 0 Å². The molecule has 0 aliphatic heterocycles. The topological polar surface area (TPSA) is 76.0 Å². The summed E-state index contributed by atoms with van der Waals surface area (Å²) in [6.45, 7) is 3.98. The second kappa shape index (κ2) is 7.09. The van der Waals surface area contributed by atoms with Gasteiger partial charge >= 0.3 is 0 Å². The Morgan fingerprint density at radius 3 is 2.48 bits per heavy atom. The van der Waals surface area contributed by atoms with Crippen molar-refractivity contribution in [2.45, 2.75) is 39.5 Å². The number of benzene rings is 1. The van der Waals surface area contributed by atoms with E-state index in [1.54, 1.807) is 6.07 Å². The van der Waals surface area contributed by atoms with Crippen LogP contribution in [0.1, 0.15) is 36.2 Å². The van der Waals surface area contributed by atoms with Crippen molar-refractivity contribution in [3.63, 3.8) is 0 Å². The standard InChI is InChI=1S/C19H24N4O2/c1-12-17(13(2)23(3)22-12)9-10-18(24)20-15-5-4-6-16(11-15)21-19(25)14-7-8-14/h4-6,11,14H,7-10H2,1-3H3,(H,20,24)(H,21,25). The van der Waals surface area contributed by atoms with Gasteiger partial charge in [-0.2, -0.15) is 5.10 Å². The summed E-state index contributed by atoms with van der Waals surface area (Å²) in [6.07, 6.45) is 2.99. The summed E-state index contributed by atoms with van der Waals surface area (Å²) in [5.41, 5.74) is 4.60. The van der Waals surface area contributed by atoms with Crippen LogP contribution in [0.2, 0.25) is 0 Å². The van der Waals surface area contributed by atoms with Crippen molar-refractivity contribution in [1.29, 1.82) is 0 Å². The highest BCUT2D eigenvalue weighted by Gasteiger charge is 2.29. The molecule has 6 heteroatoms. The molecule has 0 unspecified atom stereocenters. The van der Waals surface area contributed by atoms with E-state index < -0.39 is 0 Å². The van der Waals surface area contributed by atoms with Crippen molar-refractivity contribution in [2.75, 3.05) is 10.6 Å². The Morgan fingerprint density at radius 2 is 1.88 bits per heavy atom.